The van der Waals surface area contributed by atoms with E-state index in [-0.39, 0.29) is 0 Å². The fourth-order valence-corrected chi connectivity index (χ4v) is 3.64. The van der Waals surface area contributed by atoms with Crippen LogP contribution in [0.4, 0.5) is 0 Å². The van der Waals surface area contributed by atoms with Gasteiger partial charge in [-0.2, -0.15) is 0 Å². The minimum Gasteiger partial charge on any atom is -0.468 e. The third-order valence-corrected chi connectivity index (χ3v) is 4.91. The maximum absolute atomic E-state index is 10.5. The van der Waals surface area contributed by atoms with Gasteiger partial charge in [0, 0.05) is 38.4 Å². The summed E-state index contributed by atoms with van der Waals surface area (Å²) in [5.74, 6) is 0.846. The number of nitrogens with zero attached hydrogens (tertiary/aromatic N) is 1. The van der Waals surface area contributed by atoms with E-state index in [1.165, 1.54) is 0 Å². The number of benzene rings is 2. The molecule has 0 fully saturated rings. The zero-order valence-corrected chi connectivity index (χ0v) is 15.5. The van der Waals surface area contributed by atoms with Crippen LogP contribution < -0.4 is 5.32 Å². The third-order valence-electron chi connectivity index (χ3n) is 4.44. The highest BCUT2D eigenvalue weighted by atomic mass is 35.5. The maximum Gasteiger partial charge on any atom is 0.117 e. The Morgan fingerprint density at radius 3 is 2.23 bits per heavy atom. The number of nitrogens with one attached hydrogen (secondary N) is 1. The van der Waals surface area contributed by atoms with Gasteiger partial charge in [-0.15, -0.1) is 0 Å². The van der Waals surface area contributed by atoms with Crippen molar-refractivity contribution in [3.05, 3.63) is 70.6 Å². The molecular weight excluding hydrogens is 371 g/mol. The zero-order chi connectivity index (χ0) is 18.1. The van der Waals surface area contributed by atoms with Crippen LogP contribution >= 0.6 is 23.2 Å². The van der Waals surface area contributed by atoms with Crippen LogP contribution in [0.3, 0.4) is 0 Å². The van der Waals surface area contributed by atoms with Gasteiger partial charge in [-0.1, -0.05) is 23.2 Å². The Bertz CT molecular complexity index is 982. The lowest BCUT2D eigenvalue weighted by Crippen LogP contribution is -2.29. The van der Waals surface area contributed by atoms with E-state index in [0.29, 0.717) is 29.7 Å². The predicted octanol–water partition coefficient (Wildman–Crippen LogP) is 4.85. The SMILES string of the molecule is O[C@H](CNCc1ccco1)Cn1c2ccc(Cl)cc2c2cc(Cl)ccc21. The summed E-state index contributed by atoms with van der Waals surface area (Å²) in [6, 6.07) is 15.3. The van der Waals surface area contributed by atoms with E-state index in [4.69, 9.17) is 27.6 Å². The molecule has 1 atom stereocenters. The van der Waals surface area contributed by atoms with Crippen LogP contribution in [-0.4, -0.2) is 22.3 Å². The topological polar surface area (TPSA) is 50.3 Å². The van der Waals surface area contributed by atoms with Gasteiger partial charge in [0.15, 0.2) is 0 Å². The van der Waals surface area contributed by atoms with Crippen LogP contribution in [0.2, 0.25) is 10.0 Å². The Morgan fingerprint density at radius 1 is 1.00 bits per heavy atom. The van der Waals surface area contributed by atoms with Crippen LogP contribution in [-0.2, 0) is 13.1 Å². The fourth-order valence-electron chi connectivity index (χ4n) is 3.30. The van der Waals surface area contributed by atoms with Gasteiger partial charge < -0.3 is 19.4 Å². The number of rotatable bonds is 6. The number of aliphatic hydroxyl groups excluding tert-OH is 1. The van der Waals surface area contributed by atoms with Crippen molar-refractivity contribution in [3.63, 3.8) is 0 Å². The summed E-state index contributed by atoms with van der Waals surface area (Å²) < 4.78 is 7.39. The Labute approximate surface area is 160 Å². The summed E-state index contributed by atoms with van der Waals surface area (Å²) >= 11 is 12.4. The molecule has 0 spiro atoms. The van der Waals surface area contributed by atoms with Gasteiger partial charge in [-0.3, -0.25) is 0 Å². The number of fused-ring (bicyclic) bond motifs is 3. The van der Waals surface area contributed by atoms with Crippen molar-refractivity contribution in [2.24, 2.45) is 0 Å². The van der Waals surface area contributed by atoms with Crippen molar-refractivity contribution in [1.29, 1.82) is 0 Å². The van der Waals surface area contributed by atoms with Crippen molar-refractivity contribution in [2.75, 3.05) is 6.54 Å². The molecule has 0 radical (unpaired) electrons. The molecule has 0 amide bonds. The molecule has 0 bridgehead atoms. The molecule has 2 aromatic carbocycles. The van der Waals surface area contributed by atoms with E-state index in [2.05, 4.69) is 9.88 Å². The molecule has 4 aromatic rings. The van der Waals surface area contributed by atoms with Crippen LogP contribution in [0.15, 0.2) is 59.2 Å². The van der Waals surface area contributed by atoms with Gasteiger partial charge in [-0.25, -0.2) is 0 Å². The van der Waals surface area contributed by atoms with Crippen molar-refractivity contribution in [3.8, 4) is 0 Å². The molecule has 6 heteroatoms. The standard InChI is InChI=1S/C20H18Cl2N2O2/c21-13-3-5-19-17(8-13)18-9-14(22)4-6-20(18)24(19)12-15(25)10-23-11-16-2-1-7-26-16/h1-9,15,23,25H,10-12H2/t15-/m1/s1. The van der Waals surface area contributed by atoms with Crippen molar-refractivity contribution < 1.29 is 9.52 Å². The molecular formula is C20H18Cl2N2O2. The van der Waals surface area contributed by atoms with Gasteiger partial charge in [0.25, 0.3) is 0 Å². The van der Waals surface area contributed by atoms with Gasteiger partial charge >= 0.3 is 0 Å². The van der Waals surface area contributed by atoms with E-state index < -0.39 is 6.10 Å². The Hall–Kier alpha value is -1.98. The minimum absolute atomic E-state index is 0.461. The largest absolute Gasteiger partial charge is 0.468 e. The number of aliphatic hydroxyl groups is 1. The minimum atomic E-state index is -0.546. The average molecular weight is 389 g/mol. The van der Waals surface area contributed by atoms with E-state index in [0.717, 1.165) is 27.6 Å². The summed E-state index contributed by atoms with van der Waals surface area (Å²) in [5.41, 5.74) is 2.05. The van der Waals surface area contributed by atoms with Gasteiger partial charge in [0.1, 0.15) is 5.76 Å². The molecule has 0 saturated heterocycles. The second-order valence-electron chi connectivity index (χ2n) is 6.30. The van der Waals surface area contributed by atoms with Gasteiger partial charge in [0.05, 0.1) is 25.5 Å². The lowest BCUT2D eigenvalue weighted by atomic mass is 10.1. The predicted molar refractivity (Wildman–Crippen MR) is 106 cm³/mol. The van der Waals surface area contributed by atoms with Crippen LogP contribution in [0, 0.1) is 0 Å². The number of halogens is 2. The summed E-state index contributed by atoms with van der Waals surface area (Å²) in [6.07, 6.45) is 1.09. The monoisotopic (exact) mass is 388 g/mol. The lowest BCUT2D eigenvalue weighted by molar-refractivity contribution is 0.153. The molecule has 0 aliphatic carbocycles. The Kier molecular flexibility index (Phi) is 4.92. The number of hydrogen-bond acceptors (Lipinski definition) is 3. The molecule has 26 heavy (non-hydrogen) atoms. The maximum atomic E-state index is 10.5. The fraction of sp³-hybridized carbons (Fsp3) is 0.200. The average Bonchev–Trinajstić information content (AvgIpc) is 3.22. The van der Waals surface area contributed by atoms with Crippen molar-refractivity contribution in [2.45, 2.75) is 19.2 Å². The van der Waals surface area contributed by atoms with E-state index in [9.17, 15) is 5.11 Å². The summed E-state index contributed by atoms with van der Waals surface area (Å²) in [6.45, 7) is 1.51. The molecule has 2 N–H and O–H groups in total. The number of furan rings is 1. The Morgan fingerprint density at radius 2 is 1.65 bits per heavy atom. The third kappa shape index (κ3) is 3.46. The second kappa shape index (κ2) is 7.33. The first-order chi connectivity index (χ1) is 12.6. The second-order valence-corrected chi connectivity index (χ2v) is 7.17. The van der Waals surface area contributed by atoms with Crippen molar-refractivity contribution in [1.82, 2.24) is 9.88 Å². The highest BCUT2D eigenvalue weighted by molar-refractivity contribution is 6.33. The van der Waals surface area contributed by atoms with Crippen LogP contribution in [0.5, 0.6) is 0 Å². The molecule has 4 rings (SSSR count). The first-order valence-electron chi connectivity index (χ1n) is 8.40. The number of hydrogen-bond donors (Lipinski definition) is 2. The highest BCUT2D eigenvalue weighted by Crippen LogP contribution is 2.32. The molecule has 4 nitrogen and oxygen atoms in total. The van der Waals surface area contributed by atoms with Crippen molar-refractivity contribution >= 4 is 45.0 Å². The quantitative estimate of drug-likeness (QED) is 0.496. The molecule has 2 aromatic heterocycles. The van der Waals surface area contributed by atoms with Crippen LogP contribution in [0.25, 0.3) is 21.8 Å². The summed E-state index contributed by atoms with van der Waals surface area (Å²) in [4.78, 5) is 0. The van der Waals surface area contributed by atoms with Crippen LogP contribution in [0.1, 0.15) is 5.76 Å². The summed E-state index contributed by atoms with van der Waals surface area (Å²) in [5, 5.41) is 17.1. The van der Waals surface area contributed by atoms with Gasteiger partial charge in [-0.05, 0) is 48.5 Å². The van der Waals surface area contributed by atoms with E-state index in [1.807, 2.05) is 48.5 Å². The highest BCUT2D eigenvalue weighted by Gasteiger charge is 2.14. The molecule has 134 valence electrons. The zero-order valence-electron chi connectivity index (χ0n) is 14.0. The molecule has 0 aliphatic rings. The van der Waals surface area contributed by atoms with E-state index in [1.54, 1.807) is 6.26 Å². The molecule has 0 aliphatic heterocycles. The summed E-state index contributed by atoms with van der Waals surface area (Å²) in [7, 11) is 0. The normalized spacial score (nSPS) is 12.9. The first kappa shape index (κ1) is 17.4. The molecule has 2 heterocycles. The Balaban J connectivity index is 1.60. The van der Waals surface area contributed by atoms with Gasteiger partial charge in [0.2, 0.25) is 0 Å². The van der Waals surface area contributed by atoms with E-state index >= 15 is 0 Å². The smallest absolute Gasteiger partial charge is 0.117 e. The molecule has 0 unspecified atom stereocenters. The first-order valence-corrected chi connectivity index (χ1v) is 9.15. The lowest BCUT2D eigenvalue weighted by Gasteiger charge is -2.14. The molecule has 0 saturated carbocycles. The number of aromatic nitrogens is 1.